The van der Waals surface area contributed by atoms with Gasteiger partial charge in [0.05, 0.1) is 20.3 Å². The minimum Gasteiger partial charge on any atom is -0.497 e. The van der Waals surface area contributed by atoms with Crippen LogP contribution in [0.3, 0.4) is 0 Å². The van der Waals surface area contributed by atoms with Crippen LogP contribution in [0.25, 0.3) is 10.9 Å². The van der Waals surface area contributed by atoms with Gasteiger partial charge in [0.2, 0.25) is 0 Å². The molecule has 2 aromatic rings. The number of aromatic amines is 1. The summed E-state index contributed by atoms with van der Waals surface area (Å²) < 4.78 is 10.2. The van der Waals surface area contributed by atoms with Crippen molar-refractivity contribution >= 4 is 34.1 Å². The molecular weight excluding hydrogens is 338 g/mol. The van der Waals surface area contributed by atoms with E-state index in [0.717, 1.165) is 16.7 Å². The van der Waals surface area contributed by atoms with Crippen LogP contribution in [-0.2, 0) is 4.74 Å². The third kappa shape index (κ3) is 5.45. The van der Waals surface area contributed by atoms with E-state index in [2.05, 4.69) is 27.0 Å². The molecule has 8 heteroatoms. The number of benzene rings is 1. The zero-order valence-electron chi connectivity index (χ0n) is 14.3. The standard InChI is InChI=1S/C17H21N5O2S/c1-23-8-7-21-17(25)20-6-5-19-16-13(11-18)9-12-10-14(24-2)3-4-15(12)22-16/h3-4,9-10H,5-8H2,1-2H3,(H,19,22)(H2,20,21,25)/p+1. The second-order valence-electron chi connectivity index (χ2n) is 5.23. The molecule has 0 saturated heterocycles. The lowest BCUT2D eigenvalue weighted by Gasteiger charge is -2.09. The van der Waals surface area contributed by atoms with E-state index in [9.17, 15) is 5.26 Å². The highest BCUT2D eigenvalue weighted by atomic mass is 32.1. The Morgan fingerprint density at radius 2 is 2.00 bits per heavy atom. The Kier molecular flexibility index (Phi) is 7.19. The first-order valence-corrected chi connectivity index (χ1v) is 8.27. The summed E-state index contributed by atoms with van der Waals surface area (Å²) in [5, 5.41) is 20.2. The normalized spacial score (nSPS) is 10.1. The van der Waals surface area contributed by atoms with Gasteiger partial charge in [-0.1, -0.05) is 0 Å². The van der Waals surface area contributed by atoms with E-state index in [1.165, 1.54) is 0 Å². The summed E-state index contributed by atoms with van der Waals surface area (Å²) in [5.41, 5.74) is 1.47. The molecule has 0 fully saturated rings. The fraction of sp³-hybridized carbons (Fsp3) is 0.353. The van der Waals surface area contributed by atoms with Crippen LogP contribution < -0.4 is 25.7 Å². The minimum absolute atomic E-state index is 0.543. The van der Waals surface area contributed by atoms with Crippen molar-refractivity contribution in [3.63, 3.8) is 0 Å². The number of methoxy groups -OCH3 is 2. The summed E-state index contributed by atoms with van der Waals surface area (Å²) in [4.78, 5) is 3.25. The van der Waals surface area contributed by atoms with Crippen molar-refractivity contribution in [2.75, 3.05) is 45.8 Å². The highest BCUT2D eigenvalue weighted by Gasteiger charge is 2.12. The van der Waals surface area contributed by atoms with Crippen molar-refractivity contribution in [3.05, 3.63) is 29.8 Å². The molecule has 4 N–H and O–H groups in total. The number of ether oxygens (including phenoxy) is 2. The molecule has 1 heterocycles. The molecule has 0 aliphatic rings. The topological polar surface area (TPSA) is 92.5 Å². The second-order valence-corrected chi connectivity index (χ2v) is 5.63. The van der Waals surface area contributed by atoms with Crippen molar-refractivity contribution in [2.45, 2.75) is 0 Å². The van der Waals surface area contributed by atoms with Gasteiger partial charge in [-0.2, -0.15) is 5.26 Å². The first kappa shape index (κ1) is 18.7. The number of nitrogens with zero attached hydrogens (tertiary/aromatic N) is 1. The van der Waals surface area contributed by atoms with Crippen LogP contribution in [0.15, 0.2) is 24.3 Å². The molecule has 2 rings (SSSR count). The maximum absolute atomic E-state index is 9.37. The van der Waals surface area contributed by atoms with Gasteiger partial charge in [-0.05, 0) is 36.5 Å². The second kappa shape index (κ2) is 9.61. The number of rotatable bonds is 8. The van der Waals surface area contributed by atoms with Gasteiger partial charge in [0, 0.05) is 19.0 Å². The van der Waals surface area contributed by atoms with Gasteiger partial charge >= 0.3 is 0 Å². The molecule has 0 unspecified atom stereocenters. The molecule has 0 spiro atoms. The van der Waals surface area contributed by atoms with Crippen molar-refractivity contribution in [1.29, 1.82) is 5.26 Å². The number of nitriles is 1. The Morgan fingerprint density at radius 1 is 1.20 bits per heavy atom. The molecule has 0 amide bonds. The average molecular weight is 360 g/mol. The molecule has 132 valence electrons. The molecule has 25 heavy (non-hydrogen) atoms. The van der Waals surface area contributed by atoms with E-state index < -0.39 is 0 Å². The predicted molar refractivity (Wildman–Crippen MR) is 101 cm³/mol. The first-order chi connectivity index (χ1) is 12.2. The van der Waals surface area contributed by atoms with Crippen LogP contribution in [0.1, 0.15) is 5.56 Å². The van der Waals surface area contributed by atoms with Crippen LogP contribution in [0, 0.1) is 11.3 Å². The number of hydrogen-bond acceptors (Lipinski definition) is 5. The quantitative estimate of drug-likeness (QED) is 0.479. The number of pyridine rings is 1. The van der Waals surface area contributed by atoms with Crippen LogP contribution in [0.5, 0.6) is 5.75 Å². The lowest BCUT2D eigenvalue weighted by molar-refractivity contribution is -0.327. The summed E-state index contributed by atoms with van der Waals surface area (Å²) in [7, 11) is 3.26. The van der Waals surface area contributed by atoms with Crippen molar-refractivity contribution in [3.8, 4) is 11.8 Å². The zero-order valence-corrected chi connectivity index (χ0v) is 15.1. The lowest BCUT2D eigenvalue weighted by atomic mass is 10.1. The largest absolute Gasteiger partial charge is 0.497 e. The highest BCUT2D eigenvalue weighted by Crippen LogP contribution is 2.21. The predicted octanol–water partition coefficient (Wildman–Crippen LogP) is 1.06. The first-order valence-electron chi connectivity index (χ1n) is 7.86. The van der Waals surface area contributed by atoms with E-state index in [1.54, 1.807) is 14.2 Å². The Balaban J connectivity index is 1.94. The summed E-state index contributed by atoms with van der Waals surface area (Å²) >= 11 is 5.16. The van der Waals surface area contributed by atoms with Gasteiger partial charge in [0.25, 0.3) is 5.82 Å². The van der Waals surface area contributed by atoms with Crippen LogP contribution in [-0.4, -0.2) is 45.6 Å². The monoisotopic (exact) mass is 360 g/mol. The zero-order chi connectivity index (χ0) is 18.1. The maximum Gasteiger partial charge on any atom is 0.290 e. The van der Waals surface area contributed by atoms with Gasteiger partial charge in [0.15, 0.2) is 5.11 Å². The van der Waals surface area contributed by atoms with Crippen LogP contribution in [0.4, 0.5) is 5.82 Å². The third-order valence-electron chi connectivity index (χ3n) is 3.51. The molecule has 0 atom stereocenters. The minimum atomic E-state index is 0.543. The molecule has 0 saturated carbocycles. The van der Waals surface area contributed by atoms with Gasteiger partial charge in [-0.25, -0.2) is 4.98 Å². The van der Waals surface area contributed by atoms with E-state index in [4.69, 9.17) is 21.7 Å². The number of H-pyrrole nitrogens is 1. The number of anilines is 1. The Hall–Kier alpha value is -2.63. The molecule has 0 aliphatic carbocycles. The Morgan fingerprint density at radius 3 is 2.72 bits per heavy atom. The molecule has 1 aromatic carbocycles. The molecular formula is C17H22N5O2S+. The fourth-order valence-corrected chi connectivity index (χ4v) is 2.46. The van der Waals surface area contributed by atoms with E-state index >= 15 is 0 Å². The van der Waals surface area contributed by atoms with Gasteiger partial charge in [-0.15, -0.1) is 0 Å². The Labute approximate surface area is 152 Å². The van der Waals surface area contributed by atoms with E-state index in [1.807, 2.05) is 24.3 Å². The average Bonchev–Trinajstić information content (AvgIpc) is 2.64. The molecule has 0 bridgehead atoms. The molecule has 0 radical (unpaired) electrons. The van der Waals surface area contributed by atoms with Crippen LogP contribution >= 0.6 is 12.2 Å². The number of thiocarbonyl (C=S) groups is 1. The molecule has 7 nitrogen and oxygen atoms in total. The summed E-state index contributed by atoms with van der Waals surface area (Å²) in [5.74, 6) is 1.43. The third-order valence-corrected chi connectivity index (χ3v) is 3.80. The number of fused-ring (bicyclic) bond motifs is 1. The number of hydrogen-bond donors (Lipinski definition) is 3. The van der Waals surface area contributed by atoms with Crippen molar-refractivity contribution in [2.24, 2.45) is 0 Å². The highest BCUT2D eigenvalue weighted by molar-refractivity contribution is 7.80. The van der Waals surface area contributed by atoms with Crippen LogP contribution in [0.2, 0.25) is 0 Å². The lowest BCUT2D eigenvalue weighted by Crippen LogP contribution is -2.39. The molecule has 1 aromatic heterocycles. The number of nitrogens with one attached hydrogen (secondary N) is 4. The van der Waals surface area contributed by atoms with Gasteiger partial charge in [-0.3, -0.25) is 5.32 Å². The SMILES string of the molecule is COCCNC(=S)NCCNc1[nH+]c2ccc(OC)cc2cc1C#N. The maximum atomic E-state index is 9.37. The van der Waals surface area contributed by atoms with E-state index in [-0.39, 0.29) is 0 Å². The summed E-state index contributed by atoms with van der Waals surface area (Å²) in [6.45, 7) is 2.50. The van der Waals surface area contributed by atoms with Crippen molar-refractivity contribution in [1.82, 2.24) is 10.6 Å². The van der Waals surface area contributed by atoms with Gasteiger partial charge < -0.3 is 20.1 Å². The summed E-state index contributed by atoms with van der Waals surface area (Å²) in [6, 6.07) is 9.73. The van der Waals surface area contributed by atoms with E-state index in [0.29, 0.717) is 42.7 Å². The molecule has 0 aliphatic heterocycles. The smallest absolute Gasteiger partial charge is 0.290 e. The fourth-order valence-electron chi connectivity index (χ4n) is 2.25. The summed E-state index contributed by atoms with van der Waals surface area (Å²) in [6.07, 6.45) is 0. The Bertz CT molecular complexity index is 775. The number of aromatic nitrogens is 1. The van der Waals surface area contributed by atoms with Crippen molar-refractivity contribution < 1.29 is 14.5 Å². The van der Waals surface area contributed by atoms with Gasteiger partial charge in [0.1, 0.15) is 29.4 Å².